The summed E-state index contributed by atoms with van der Waals surface area (Å²) in [7, 11) is 0. The maximum Gasteiger partial charge on any atom is 0.251 e. The van der Waals surface area contributed by atoms with Gasteiger partial charge >= 0.3 is 0 Å². The van der Waals surface area contributed by atoms with Crippen LogP contribution in [0.3, 0.4) is 0 Å². The van der Waals surface area contributed by atoms with Crippen molar-refractivity contribution in [1.29, 1.82) is 0 Å². The molecule has 1 aliphatic rings. The molecule has 1 aromatic carbocycles. The highest BCUT2D eigenvalue weighted by Gasteiger charge is 2.29. The smallest absolute Gasteiger partial charge is 0.251 e. The predicted molar refractivity (Wildman–Crippen MR) is 92.3 cm³/mol. The van der Waals surface area contributed by atoms with E-state index in [2.05, 4.69) is 34.4 Å². The first kappa shape index (κ1) is 16.4. The number of ether oxygens (including phenoxy) is 1. The number of anilines is 2. The molecule has 2 N–H and O–H groups in total. The van der Waals surface area contributed by atoms with Crippen LogP contribution in [0.1, 0.15) is 37.0 Å². The zero-order valence-corrected chi connectivity index (χ0v) is 14.0. The van der Waals surface area contributed by atoms with Crippen LogP contribution >= 0.6 is 0 Å². The van der Waals surface area contributed by atoms with Crippen LogP contribution in [-0.4, -0.2) is 34.1 Å². The first-order valence-electron chi connectivity index (χ1n) is 8.11. The Bertz CT molecular complexity index is 686. The lowest BCUT2D eigenvalue weighted by molar-refractivity contribution is -0.0615. The summed E-state index contributed by atoms with van der Waals surface area (Å²) in [5.74, 6) is 0.472. The highest BCUT2D eigenvalue weighted by atomic mass is 16.5. The lowest BCUT2D eigenvalue weighted by Crippen LogP contribution is -2.45. The fraction of sp³-hybridized carbons (Fsp3) is 0.389. The first-order valence-corrected chi connectivity index (χ1v) is 8.11. The maximum atomic E-state index is 12.4. The lowest BCUT2D eigenvalue weighted by atomic mass is 9.94. The molecule has 0 radical (unpaired) electrons. The van der Waals surface area contributed by atoms with E-state index in [-0.39, 0.29) is 17.6 Å². The molecule has 1 unspecified atom stereocenters. The molecule has 24 heavy (non-hydrogen) atoms. The zero-order valence-electron chi connectivity index (χ0n) is 14.0. The molecule has 0 bridgehead atoms. The summed E-state index contributed by atoms with van der Waals surface area (Å²) in [5.41, 5.74) is 1.29. The number of amides is 1. The van der Waals surface area contributed by atoms with Crippen LogP contribution in [0.25, 0.3) is 0 Å². The SMILES string of the molecule is CC1(C)CC(NC(=O)c2ccc(Nc3ncccn3)cc2)CCO1. The van der Waals surface area contributed by atoms with Crippen molar-refractivity contribution >= 4 is 17.5 Å². The minimum absolute atomic E-state index is 0.0554. The van der Waals surface area contributed by atoms with Crippen LogP contribution in [-0.2, 0) is 4.74 Å². The van der Waals surface area contributed by atoms with E-state index in [4.69, 9.17) is 4.74 Å². The van der Waals surface area contributed by atoms with Crippen molar-refractivity contribution in [3.63, 3.8) is 0 Å². The molecule has 1 amide bonds. The molecule has 3 rings (SSSR count). The number of nitrogens with zero attached hydrogens (tertiary/aromatic N) is 2. The van der Waals surface area contributed by atoms with E-state index >= 15 is 0 Å². The van der Waals surface area contributed by atoms with Crippen LogP contribution in [0, 0.1) is 0 Å². The summed E-state index contributed by atoms with van der Waals surface area (Å²) < 4.78 is 5.68. The standard InChI is InChI=1S/C18H22N4O2/c1-18(2)12-15(8-11-24-18)21-16(23)13-4-6-14(7-5-13)22-17-19-9-3-10-20-17/h3-7,9-10,15H,8,11-12H2,1-2H3,(H,21,23)(H,19,20,22). The van der Waals surface area contributed by atoms with Crippen LogP contribution in [0.4, 0.5) is 11.6 Å². The molecule has 2 aromatic rings. The third-order valence-corrected chi connectivity index (χ3v) is 4.00. The fourth-order valence-corrected chi connectivity index (χ4v) is 2.82. The van der Waals surface area contributed by atoms with Gasteiger partial charge in [0.1, 0.15) is 0 Å². The van der Waals surface area contributed by atoms with Crippen molar-refractivity contribution in [3.8, 4) is 0 Å². The van der Waals surface area contributed by atoms with Gasteiger partial charge in [-0.1, -0.05) is 0 Å². The zero-order chi connectivity index (χ0) is 17.0. The van der Waals surface area contributed by atoms with Crippen LogP contribution in [0.5, 0.6) is 0 Å². The Morgan fingerprint density at radius 3 is 2.58 bits per heavy atom. The second-order valence-electron chi connectivity index (χ2n) is 6.55. The van der Waals surface area contributed by atoms with Gasteiger partial charge in [0.2, 0.25) is 5.95 Å². The Labute approximate surface area is 141 Å². The molecule has 6 nitrogen and oxygen atoms in total. The summed E-state index contributed by atoms with van der Waals surface area (Å²) >= 11 is 0. The van der Waals surface area contributed by atoms with E-state index in [9.17, 15) is 4.79 Å². The molecule has 1 atom stereocenters. The summed E-state index contributed by atoms with van der Waals surface area (Å²) in [6.45, 7) is 4.78. The Hall–Kier alpha value is -2.47. The highest BCUT2D eigenvalue weighted by molar-refractivity contribution is 5.94. The minimum atomic E-state index is -0.181. The largest absolute Gasteiger partial charge is 0.375 e. The topological polar surface area (TPSA) is 76.1 Å². The molecule has 0 spiro atoms. The molecule has 0 saturated carbocycles. The Morgan fingerprint density at radius 1 is 1.21 bits per heavy atom. The number of benzene rings is 1. The third-order valence-electron chi connectivity index (χ3n) is 4.00. The highest BCUT2D eigenvalue weighted by Crippen LogP contribution is 2.24. The van der Waals surface area contributed by atoms with Gasteiger partial charge in [-0.05, 0) is 57.0 Å². The number of hydrogen-bond acceptors (Lipinski definition) is 5. The van der Waals surface area contributed by atoms with Crippen molar-refractivity contribution in [2.45, 2.75) is 38.3 Å². The third kappa shape index (κ3) is 4.29. The van der Waals surface area contributed by atoms with Gasteiger partial charge in [0.05, 0.1) is 5.60 Å². The predicted octanol–water partition coefficient (Wildman–Crippen LogP) is 2.91. The average Bonchev–Trinajstić information content (AvgIpc) is 2.55. The van der Waals surface area contributed by atoms with Crippen LogP contribution in [0.2, 0.25) is 0 Å². The lowest BCUT2D eigenvalue weighted by Gasteiger charge is -2.35. The molecule has 1 saturated heterocycles. The van der Waals surface area contributed by atoms with E-state index in [1.165, 1.54) is 0 Å². The molecule has 1 aromatic heterocycles. The van der Waals surface area contributed by atoms with Crippen molar-refractivity contribution in [2.75, 3.05) is 11.9 Å². The number of hydrogen-bond donors (Lipinski definition) is 2. The molecule has 0 aliphatic carbocycles. The number of rotatable bonds is 4. The number of nitrogens with one attached hydrogen (secondary N) is 2. The summed E-state index contributed by atoms with van der Waals surface area (Å²) in [5, 5.41) is 6.19. The Balaban J connectivity index is 1.59. The molecular weight excluding hydrogens is 304 g/mol. The second-order valence-corrected chi connectivity index (χ2v) is 6.55. The summed E-state index contributed by atoms with van der Waals surface area (Å²) in [4.78, 5) is 20.6. The van der Waals surface area contributed by atoms with Crippen molar-refractivity contribution in [1.82, 2.24) is 15.3 Å². The van der Waals surface area contributed by atoms with E-state index in [0.29, 0.717) is 18.1 Å². The van der Waals surface area contributed by atoms with Crippen molar-refractivity contribution in [3.05, 3.63) is 48.3 Å². The fourth-order valence-electron chi connectivity index (χ4n) is 2.82. The van der Waals surface area contributed by atoms with E-state index in [0.717, 1.165) is 18.5 Å². The van der Waals surface area contributed by atoms with Gasteiger partial charge in [0.15, 0.2) is 0 Å². The van der Waals surface area contributed by atoms with Gasteiger partial charge < -0.3 is 15.4 Å². The summed E-state index contributed by atoms with van der Waals surface area (Å²) in [6, 6.07) is 9.20. The van der Waals surface area contributed by atoms with Crippen LogP contribution in [0.15, 0.2) is 42.7 Å². The van der Waals surface area contributed by atoms with Crippen molar-refractivity contribution < 1.29 is 9.53 Å². The molecule has 6 heteroatoms. The quantitative estimate of drug-likeness (QED) is 0.903. The summed E-state index contributed by atoms with van der Waals surface area (Å²) in [6.07, 6.45) is 5.02. The number of carbonyl (C=O) groups is 1. The van der Waals surface area contributed by atoms with Gasteiger partial charge in [-0.15, -0.1) is 0 Å². The van der Waals surface area contributed by atoms with Gasteiger partial charge in [-0.3, -0.25) is 4.79 Å². The maximum absolute atomic E-state index is 12.4. The molecule has 126 valence electrons. The van der Waals surface area contributed by atoms with E-state index in [1.807, 2.05) is 12.1 Å². The first-order chi connectivity index (χ1) is 11.5. The monoisotopic (exact) mass is 326 g/mol. The van der Waals surface area contributed by atoms with E-state index in [1.54, 1.807) is 30.6 Å². The van der Waals surface area contributed by atoms with Gasteiger partial charge in [-0.2, -0.15) is 0 Å². The molecule has 1 aliphatic heterocycles. The molecular formula is C18H22N4O2. The van der Waals surface area contributed by atoms with Gasteiger partial charge in [-0.25, -0.2) is 9.97 Å². The number of aromatic nitrogens is 2. The van der Waals surface area contributed by atoms with Gasteiger partial charge in [0, 0.05) is 36.3 Å². The second kappa shape index (κ2) is 6.97. The van der Waals surface area contributed by atoms with Crippen molar-refractivity contribution in [2.24, 2.45) is 0 Å². The molecule has 1 fully saturated rings. The number of carbonyl (C=O) groups excluding carboxylic acids is 1. The molecule has 2 heterocycles. The van der Waals surface area contributed by atoms with Crippen LogP contribution < -0.4 is 10.6 Å². The Morgan fingerprint density at radius 2 is 1.92 bits per heavy atom. The average molecular weight is 326 g/mol. The van der Waals surface area contributed by atoms with E-state index < -0.39 is 0 Å². The Kier molecular flexibility index (Phi) is 4.76. The normalized spacial score (nSPS) is 19.5. The van der Waals surface area contributed by atoms with Gasteiger partial charge in [0.25, 0.3) is 5.91 Å². The minimum Gasteiger partial charge on any atom is -0.375 e.